The average molecular weight is 454 g/mol. The first-order chi connectivity index (χ1) is 15.3. The summed E-state index contributed by atoms with van der Waals surface area (Å²) in [4.78, 5) is 32.2. The van der Waals surface area contributed by atoms with Crippen LogP contribution in [0.3, 0.4) is 0 Å². The lowest BCUT2D eigenvalue weighted by atomic mass is 10.1. The fourth-order valence-corrected chi connectivity index (χ4v) is 5.23. The predicted octanol–water partition coefficient (Wildman–Crippen LogP) is 2.55. The van der Waals surface area contributed by atoms with Gasteiger partial charge in [-0.25, -0.2) is 8.42 Å². The van der Waals surface area contributed by atoms with Crippen LogP contribution in [0.2, 0.25) is 0 Å². The number of aryl methyl sites for hydroxylation is 1. The van der Waals surface area contributed by atoms with Crippen molar-refractivity contribution in [3.05, 3.63) is 65.9 Å². The number of aromatic amines is 1. The summed E-state index contributed by atoms with van der Waals surface area (Å²) in [6, 6.07) is 14.5. The summed E-state index contributed by atoms with van der Waals surface area (Å²) in [6.07, 6.45) is 2.13. The molecule has 1 aliphatic rings. The SMILES string of the molecule is Cc1ccc(S(=O)(=O)CCC(=O)N2CCN(C(=O)Cc3c[nH]c4ccccc34)CC2)cc1. The maximum Gasteiger partial charge on any atom is 0.227 e. The van der Waals surface area contributed by atoms with E-state index in [4.69, 9.17) is 0 Å². The number of nitrogens with one attached hydrogen (secondary N) is 1. The van der Waals surface area contributed by atoms with Gasteiger partial charge in [0.15, 0.2) is 9.84 Å². The quantitative estimate of drug-likeness (QED) is 0.621. The van der Waals surface area contributed by atoms with Gasteiger partial charge >= 0.3 is 0 Å². The molecule has 4 rings (SSSR count). The second-order valence-electron chi connectivity index (χ2n) is 8.18. The van der Waals surface area contributed by atoms with Crippen molar-refractivity contribution in [1.82, 2.24) is 14.8 Å². The van der Waals surface area contributed by atoms with Gasteiger partial charge in [0.25, 0.3) is 0 Å². The molecule has 1 N–H and O–H groups in total. The molecular formula is C24H27N3O4S. The molecule has 32 heavy (non-hydrogen) atoms. The van der Waals surface area contributed by atoms with Crippen molar-refractivity contribution in [2.75, 3.05) is 31.9 Å². The number of H-pyrrole nitrogens is 1. The Morgan fingerprint density at radius 2 is 1.53 bits per heavy atom. The molecular weight excluding hydrogens is 426 g/mol. The molecule has 1 fully saturated rings. The van der Waals surface area contributed by atoms with Crippen LogP contribution in [-0.2, 0) is 25.8 Å². The summed E-state index contributed by atoms with van der Waals surface area (Å²) >= 11 is 0. The van der Waals surface area contributed by atoms with Gasteiger partial charge in [0, 0.05) is 49.7 Å². The molecule has 7 nitrogen and oxygen atoms in total. The number of para-hydroxylation sites is 1. The Morgan fingerprint density at radius 1 is 0.906 bits per heavy atom. The van der Waals surface area contributed by atoms with Crippen molar-refractivity contribution < 1.29 is 18.0 Å². The van der Waals surface area contributed by atoms with Crippen LogP contribution in [0, 0.1) is 6.92 Å². The third-order valence-electron chi connectivity index (χ3n) is 5.97. The molecule has 0 aliphatic carbocycles. The van der Waals surface area contributed by atoms with Crippen LogP contribution in [0.1, 0.15) is 17.5 Å². The summed E-state index contributed by atoms with van der Waals surface area (Å²) in [5.41, 5.74) is 2.95. The highest BCUT2D eigenvalue weighted by Crippen LogP contribution is 2.19. The smallest absolute Gasteiger partial charge is 0.227 e. The zero-order chi connectivity index (χ0) is 22.7. The van der Waals surface area contributed by atoms with Crippen LogP contribution >= 0.6 is 0 Å². The number of aromatic nitrogens is 1. The summed E-state index contributed by atoms with van der Waals surface area (Å²) in [5, 5.41) is 1.05. The van der Waals surface area contributed by atoms with Crippen molar-refractivity contribution in [2.24, 2.45) is 0 Å². The number of hydrogen-bond donors (Lipinski definition) is 1. The van der Waals surface area contributed by atoms with Crippen molar-refractivity contribution in [2.45, 2.75) is 24.7 Å². The Balaban J connectivity index is 1.28. The highest BCUT2D eigenvalue weighted by atomic mass is 32.2. The molecule has 1 aliphatic heterocycles. The largest absolute Gasteiger partial charge is 0.361 e. The molecule has 168 valence electrons. The van der Waals surface area contributed by atoms with Crippen molar-refractivity contribution in [1.29, 1.82) is 0 Å². The van der Waals surface area contributed by atoms with E-state index in [1.54, 1.807) is 34.1 Å². The maximum atomic E-state index is 12.8. The summed E-state index contributed by atoms with van der Waals surface area (Å²) in [6.45, 7) is 3.65. The van der Waals surface area contributed by atoms with E-state index in [1.807, 2.05) is 37.4 Å². The van der Waals surface area contributed by atoms with Gasteiger partial charge in [-0.2, -0.15) is 0 Å². The zero-order valence-electron chi connectivity index (χ0n) is 18.1. The molecule has 2 heterocycles. The molecule has 2 amide bonds. The lowest BCUT2D eigenvalue weighted by Crippen LogP contribution is -2.51. The van der Waals surface area contributed by atoms with E-state index in [-0.39, 0.29) is 28.9 Å². The highest BCUT2D eigenvalue weighted by molar-refractivity contribution is 7.91. The normalized spacial score (nSPS) is 14.7. The van der Waals surface area contributed by atoms with Gasteiger partial charge in [0.05, 0.1) is 17.1 Å². The molecule has 3 aromatic rings. The van der Waals surface area contributed by atoms with E-state index < -0.39 is 9.84 Å². The van der Waals surface area contributed by atoms with Gasteiger partial charge < -0.3 is 14.8 Å². The number of benzene rings is 2. The molecule has 0 radical (unpaired) electrons. The second kappa shape index (κ2) is 9.16. The fraction of sp³-hybridized carbons (Fsp3) is 0.333. The minimum Gasteiger partial charge on any atom is -0.361 e. The molecule has 1 aromatic heterocycles. The van der Waals surface area contributed by atoms with E-state index >= 15 is 0 Å². The first kappa shape index (κ1) is 22.1. The molecule has 0 bridgehead atoms. The Labute approximate surface area is 187 Å². The monoisotopic (exact) mass is 453 g/mol. The molecule has 0 atom stereocenters. The van der Waals surface area contributed by atoms with Crippen LogP contribution in [0.5, 0.6) is 0 Å². The predicted molar refractivity (Wildman–Crippen MR) is 123 cm³/mol. The number of rotatable bonds is 6. The van der Waals surface area contributed by atoms with E-state index in [1.165, 1.54) is 0 Å². The summed E-state index contributed by atoms with van der Waals surface area (Å²) in [5.74, 6) is -0.373. The van der Waals surface area contributed by atoms with Gasteiger partial charge in [-0.3, -0.25) is 9.59 Å². The molecule has 2 aromatic carbocycles. The molecule has 0 saturated carbocycles. The van der Waals surface area contributed by atoms with Crippen LogP contribution in [-0.4, -0.2) is 66.9 Å². The highest BCUT2D eigenvalue weighted by Gasteiger charge is 2.26. The maximum absolute atomic E-state index is 12.8. The van der Waals surface area contributed by atoms with E-state index in [0.717, 1.165) is 22.0 Å². The Bertz CT molecular complexity index is 1220. The second-order valence-corrected chi connectivity index (χ2v) is 10.3. The molecule has 0 spiro atoms. The number of sulfone groups is 1. The Morgan fingerprint density at radius 3 is 2.22 bits per heavy atom. The van der Waals surface area contributed by atoms with Crippen LogP contribution in [0.4, 0.5) is 0 Å². The van der Waals surface area contributed by atoms with E-state index in [0.29, 0.717) is 32.6 Å². The molecule has 8 heteroatoms. The van der Waals surface area contributed by atoms with Crippen LogP contribution in [0.15, 0.2) is 59.6 Å². The van der Waals surface area contributed by atoms with Crippen molar-refractivity contribution in [3.63, 3.8) is 0 Å². The minimum absolute atomic E-state index is 0.0313. The van der Waals surface area contributed by atoms with E-state index in [9.17, 15) is 18.0 Å². The van der Waals surface area contributed by atoms with Crippen molar-refractivity contribution in [3.8, 4) is 0 Å². The number of fused-ring (bicyclic) bond motifs is 1. The number of carbonyl (C=O) groups is 2. The third-order valence-corrected chi connectivity index (χ3v) is 7.70. The first-order valence-electron chi connectivity index (χ1n) is 10.7. The standard InChI is InChI=1S/C24H27N3O4S/c1-18-6-8-20(9-7-18)32(30,31)15-10-23(28)26-11-13-27(14-12-26)24(29)16-19-17-25-22-5-3-2-4-21(19)22/h2-9,17,25H,10-16H2,1H3. The topological polar surface area (TPSA) is 90.6 Å². The van der Waals surface area contributed by atoms with E-state index in [2.05, 4.69) is 4.98 Å². The van der Waals surface area contributed by atoms with Crippen LogP contribution in [0.25, 0.3) is 10.9 Å². The van der Waals surface area contributed by atoms with Gasteiger partial charge in [-0.05, 0) is 30.7 Å². The number of piperazine rings is 1. The summed E-state index contributed by atoms with van der Waals surface area (Å²) in [7, 11) is -3.50. The van der Waals surface area contributed by atoms with Crippen molar-refractivity contribution >= 4 is 32.6 Å². The average Bonchev–Trinajstić information content (AvgIpc) is 3.21. The lowest BCUT2D eigenvalue weighted by molar-refractivity contribution is -0.138. The van der Waals surface area contributed by atoms with Gasteiger partial charge in [-0.1, -0.05) is 35.9 Å². The lowest BCUT2D eigenvalue weighted by Gasteiger charge is -2.35. The zero-order valence-corrected chi connectivity index (χ0v) is 18.9. The Kier molecular flexibility index (Phi) is 6.32. The molecule has 0 unspecified atom stereocenters. The number of hydrogen-bond acceptors (Lipinski definition) is 4. The third kappa shape index (κ3) is 4.85. The van der Waals surface area contributed by atoms with Gasteiger partial charge in [-0.15, -0.1) is 0 Å². The Hall–Kier alpha value is -3.13. The minimum atomic E-state index is -3.50. The molecule has 1 saturated heterocycles. The van der Waals surface area contributed by atoms with Gasteiger partial charge in [0.2, 0.25) is 11.8 Å². The number of nitrogens with zero attached hydrogens (tertiary/aromatic N) is 2. The number of carbonyl (C=O) groups excluding carboxylic acids is 2. The van der Waals surface area contributed by atoms with Crippen LogP contribution < -0.4 is 0 Å². The fourth-order valence-electron chi connectivity index (χ4n) is 4.00. The summed E-state index contributed by atoms with van der Waals surface area (Å²) < 4.78 is 25.0. The first-order valence-corrected chi connectivity index (χ1v) is 12.4. The van der Waals surface area contributed by atoms with Gasteiger partial charge in [0.1, 0.15) is 0 Å². The number of amides is 2.